The third-order valence-electron chi connectivity index (χ3n) is 4.68. The van der Waals surface area contributed by atoms with Crippen LogP contribution in [0.5, 0.6) is 5.75 Å². The van der Waals surface area contributed by atoms with Crippen LogP contribution in [-0.2, 0) is 6.54 Å². The van der Waals surface area contributed by atoms with Crippen LogP contribution in [0.15, 0.2) is 83.9 Å². The van der Waals surface area contributed by atoms with Crippen molar-refractivity contribution in [1.82, 2.24) is 9.97 Å². The van der Waals surface area contributed by atoms with Crippen molar-refractivity contribution in [2.24, 2.45) is 0 Å². The summed E-state index contributed by atoms with van der Waals surface area (Å²) in [5, 5.41) is 0.904. The Morgan fingerprint density at radius 2 is 1.93 bits per heavy atom. The first-order valence-corrected chi connectivity index (χ1v) is 9.12. The number of carbonyl (C=O) groups excluding carboxylic acids is 1. The summed E-state index contributed by atoms with van der Waals surface area (Å²) in [5.41, 5.74) is 2.09. The number of hydrogen-bond acceptors (Lipinski definition) is 4. The summed E-state index contributed by atoms with van der Waals surface area (Å²) in [4.78, 5) is 34.4. The van der Waals surface area contributed by atoms with Gasteiger partial charge in [-0.3, -0.25) is 14.6 Å². The molecule has 0 spiro atoms. The predicted octanol–water partition coefficient (Wildman–Crippen LogP) is 3.78. The summed E-state index contributed by atoms with van der Waals surface area (Å²) in [7, 11) is 1.57. The minimum absolute atomic E-state index is 0.112. The van der Waals surface area contributed by atoms with Crippen LogP contribution >= 0.6 is 0 Å². The van der Waals surface area contributed by atoms with Crippen molar-refractivity contribution in [2.45, 2.75) is 6.54 Å². The minimum atomic E-state index is -0.251. The van der Waals surface area contributed by atoms with Gasteiger partial charge in [0.1, 0.15) is 5.75 Å². The maximum atomic E-state index is 13.3. The van der Waals surface area contributed by atoms with Crippen molar-refractivity contribution < 1.29 is 9.53 Å². The molecule has 2 aromatic carbocycles. The molecular weight excluding hydrogens is 366 g/mol. The third-order valence-corrected chi connectivity index (χ3v) is 4.68. The molecule has 1 N–H and O–H groups in total. The van der Waals surface area contributed by atoms with E-state index in [-0.39, 0.29) is 18.0 Å². The Kier molecular flexibility index (Phi) is 5.07. The van der Waals surface area contributed by atoms with E-state index < -0.39 is 0 Å². The quantitative estimate of drug-likeness (QED) is 0.567. The number of ether oxygens (including phenoxy) is 1. The lowest BCUT2D eigenvalue weighted by molar-refractivity contribution is 0.0984. The van der Waals surface area contributed by atoms with Gasteiger partial charge in [-0.05, 0) is 41.8 Å². The highest BCUT2D eigenvalue weighted by molar-refractivity contribution is 6.06. The molecule has 0 radical (unpaired) electrons. The molecule has 6 nitrogen and oxygen atoms in total. The van der Waals surface area contributed by atoms with Crippen molar-refractivity contribution in [3.05, 3.63) is 101 Å². The Hall–Kier alpha value is -3.93. The second kappa shape index (κ2) is 7.98. The van der Waals surface area contributed by atoms with Crippen LogP contribution < -0.4 is 15.2 Å². The van der Waals surface area contributed by atoms with Gasteiger partial charge in [0.25, 0.3) is 11.5 Å². The fourth-order valence-electron chi connectivity index (χ4n) is 3.18. The van der Waals surface area contributed by atoms with Crippen LogP contribution in [0.25, 0.3) is 10.9 Å². The van der Waals surface area contributed by atoms with Gasteiger partial charge in [0, 0.05) is 35.2 Å². The molecule has 0 saturated carbocycles. The molecule has 2 aromatic heterocycles. The number of carbonyl (C=O) groups is 1. The monoisotopic (exact) mass is 385 g/mol. The number of methoxy groups -OCH3 is 1. The molecule has 6 heteroatoms. The van der Waals surface area contributed by atoms with Gasteiger partial charge in [-0.25, -0.2) is 0 Å². The number of nitrogens with zero attached hydrogens (tertiary/aromatic N) is 2. The number of benzene rings is 2. The number of aromatic amines is 1. The summed E-state index contributed by atoms with van der Waals surface area (Å²) < 4.78 is 5.30. The molecule has 144 valence electrons. The number of nitrogens with one attached hydrogen (secondary N) is 1. The van der Waals surface area contributed by atoms with Gasteiger partial charge >= 0.3 is 0 Å². The lowest BCUT2D eigenvalue weighted by atomic mass is 10.1. The van der Waals surface area contributed by atoms with E-state index in [0.717, 1.165) is 10.9 Å². The zero-order chi connectivity index (χ0) is 20.2. The highest BCUT2D eigenvalue weighted by atomic mass is 16.5. The molecule has 0 bridgehead atoms. The molecule has 2 heterocycles. The van der Waals surface area contributed by atoms with Crippen LogP contribution in [0.3, 0.4) is 0 Å². The molecule has 0 unspecified atom stereocenters. The first-order valence-electron chi connectivity index (χ1n) is 9.12. The van der Waals surface area contributed by atoms with E-state index in [4.69, 9.17) is 4.74 Å². The Balaban J connectivity index is 1.79. The van der Waals surface area contributed by atoms with Crippen LogP contribution in [-0.4, -0.2) is 23.0 Å². The topological polar surface area (TPSA) is 75.3 Å². The average molecular weight is 385 g/mol. The van der Waals surface area contributed by atoms with E-state index in [2.05, 4.69) is 9.97 Å². The number of anilines is 1. The van der Waals surface area contributed by atoms with E-state index in [1.165, 1.54) is 6.20 Å². The minimum Gasteiger partial charge on any atom is -0.497 e. The summed E-state index contributed by atoms with van der Waals surface area (Å²) in [6, 6.07) is 20.0. The van der Waals surface area contributed by atoms with E-state index in [0.29, 0.717) is 22.6 Å². The van der Waals surface area contributed by atoms with E-state index >= 15 is 0 Å². The molecule has 0 saturated heterocycles. The molecule has 4 rings (SSSR count). The Bertz CT molecular complexity index is 1220. The number of pyridine rings is 2. The van der Waals surface area contributed by atoms with Gasteiger partial charge < -0.3 is 14.6 Å². The fraction of sp³-hybridized carbons (Fsp3) is 0.0870. The Labute approximate surface area is 167 Å². The molecular formula is C23H19N3O3. The molecule has 29 heavy (non-hydrogen) atoms. The zero-order valence-electron chi connectivity index (χ0n) is 15.8. The standard InChI is InChI=1S/C23H19N3O3/c1-29-20-9-4-8-19(13-20)26(23(28)17-7-5-11-24-14-17)15-18-12-16-6-2-3-10-21(16)25-22(18)27/h2-14H,15H2,1H3,(H,25,27). The maximum Gasteiger partial charge on any atom is 0.260 e. The van der Waals surface area contributed by atoms with Crippen molar-refractivity contribution in [2.75, 3.05) is 12.0 Å². The predicted molar refractivity (Wildman–Crippen MR) is 112 cm³/mol. The fourth-order valence-corrected chi connectivity index (χ4v) is 3.18. The lowest BCUT2D eigenvalue weighted by Crippen LogP contribution is -2.33. The highest BCUT2D eigenvalue weighted by Gasteiger charge is 2.20. The number of rotatable bonds is 5. The van der Waals surface area contributed by atoms with E-state index in [9.17, 15) is 9.59 Å². The molecule has 0 fully saturated rings. The molecule has 0 aliphatic carbocycles. The third kappa shape index (κ3) is 3.87. The molecule has 0 atom stereocenters. The van der Waals surface area contributed by atoms with Gasteiger partial charge in [-0.2, -0.15) is 0 Å². The summed E-state index contributed by atoms with van der Waals surface area (Å²) in [6.45, 7) is 0.112. The van der Waals surface area contributed by atoms with E-state index in [1.807, 2.05) is 42.5 Å². The van der Waals surface area contributed by atoms with Crippen molar-refractivity contribution in [3.8, 4) is 5.75 Å². The average Bonchev–Trinajstić information content (AvgIpc) is 2.77. The van der Waals surface area contributed by atoms with Gasteiger partial charge in [0.2, 0.25) is 0 Å². The number of fused-ring (bicyclic) bond motifs is 1. The van der Waals surface area contributed by atoms with Crippen LogP contribution in [0.4, 0.5) is 5.69 Å². The van der Waals surface area contributed by atoms with Crippen molar-refractivity contribution in [1.29, 1.82) is 0 Å². The number of H-pyrrole nitrogens is 1. The first kappa shape index (κ1) is 18.4. The van der Waals surface area contributed by atoms with Gasteiger partial charge in [-0.15, -0.1) is 0 Å². The lowest BCUT2D eigenvalue weighted by Gasteiger charge is -2.23. The summed E-state index contributed by atoms with van der Waals surface area (Å²) >= 11 is 0. The smallest absolute Gasteiger partial charge is 0.260 e. The largest absolute Gasteiger partial charge is 0.497 e. The normalized spacial score (nSPS) is 10.7. The van der Waals surface area contributed by atoms with Gasteiger partial charge in [-0.1, -0.05) is 24.3 Å². The number of amides is 1. The zero-order valence-corrected chi connectivity index (χ0v) is 15.8. The molecule has 4 aromatic rings. The molecule has 1 amide bonds. The van der Waals surface area contributed by atoms with Crippen LogP contribution in [0, 0.1) is 0 Å². The second-order valence-corrected chi connectivity index (χ2v) is 6.55. The summed E-state index contributed by atoms with van der Waals surface area (Å²) in [6.07, 6.45) is 3.13. The Morgan fingerprint density at radius 3 is 2.72 bits per heavy atom. The molecule has 0 aliphatic rings. The maximum absolute atomic E-state index is 13.3. The molecule has 0 aliphatic heterocycles. The van der Waals surface area contributed by atoms with Crippen LogP contribution in [0.1, 0.15) is 15.9 Å². The number of aromatic nitrogens is 2. The number of hydrogen-bond donors (Lipinski definition) is 1. The number of para-hydroxylation sites is 1. The first-order chi connectivity index (χ1) is 14.2. The summed E-state index contributed by atoms with van der Waals surface area (Å²) in [5.74, 6) is 0.373. The van der Waals surface area contributed by atoms with Gasteiger partial charge in [0.15, 0.2) is 0 Å². The van der Waals surface area contributed by atoms with Gasteiger partial charge in [0.05, 0.1) is 19.2 Å². The van der Waals surface area contributed by atoms with Crippen molar-refractivity contribution >= 4 is 22.5 Å². The van der Waals surface area contributed by atoms with Crippen molar-refractivity contribution in [3.63, 3.8) is 0 Å². The van der Waals surface area contributed by atoms with E-state index in [1.54, 1.807) is 42.5 Å². The highest BCUT2D eigenvalue weighted by Crippen LogP contribution is 2.24. The van der Waals surface area contributed by atoms with Crippen LogP contribution in [0.2, 0.25) is 0 Å². The second-order valence-electron chi connectivity index (χ2n) is 6.55. The SMILES string of the molecule is COc1cccc(N(Cc2cc3ccccc3[nH]c2=O)C(=O)c2cccnc2)c1. The Morgan fingerprint density at radius 1 is 1.07 bits per heavy atom.